The van der Waals surface area contributed by atoms with E-state index in [1.165, 1.54) is 19.9 Å². The van der Waals surface area contributed by atoms with E-state index in [4.69, 9.17) is 10.8 Å². The minimum absolute atomic E-state index is 0.0137. The summed E-state index contributed by atoms with van der Waals surface area (Å²) in [6, 6.07) is -0.116. The molecule has 3 N–H and O–H groups in total. The fraction of sp³-hybridized carbons (Fsp3) is 0.381. The minimum atomic E-state index is -5.20. The number of nitrogens with two attached hydrogens (primary N) is 1. The zero-order chi connectivity index (χ0) is 22.5. The molecule has 0 spiro atoms. The molecule has 2 aromatic rings. The highest BCUT2D eigenvalue weighted by molar-refractivity contribution is 5.75. The summed E-state index contributed by atoms with van der Waals surface area (Å²) < 4.78 is 85.0. The van der Waals surface area contributed by atoms with E-state index >= 15 is 4.39 Å². The fourth-order valence-electron chi connectivity index (χ4n) is 3.76. The molecule has 3 rings (SSSR count). The summed E-state index contributed by atoms with van der Waals surface area (Å²) in [5.41, 5.74) is 2.42. The molecule has 9 heteroatoms. The molecule has 1 atom stereocenters. The molecule has 1 aliphatic rings. The lowest BCUT2D eigenvalue weighted by atomic mass is 9.87. The smallest absolute Gasteiger partial charge is 0.419 e. The largest absolute Gasteiger partial charge is 0.481 e. The van der Waals surface area contributed by atoms with Crippen LogP contribution in [0.25, 0.3) is 11.1 Å². The number of carbonyl (C=O) groups is 1. The summed E-state index contributed by atoms with van der Waals surface area (Å²) in [6.45, 7) is 2.82. The first-order chi connectivity index (χ1) is 13.8. The monoisotopic (exact) mass is 431 g/mol. The van der Waals surface area contributed by atoms with Gasteiger partial charge in [-0.2, -0.15) is 13.2 Å². The molecule has 2 aromatic carbocycles. The second-order valence-corrected chi connectivity index (χ2v) is 7.59. The minimum Gasteiger partial charge on any atom is -0.481 e. The van der Waals surface area contributed by atoms with Gasteiger partial charge < -0.3 is 10.8 Å². The van der Waals surface area contributed by atoms with Crippen molar-refractivity contribution in [1.29, 1.82) is 0 Å². The molecule has 1 aliphatic carbocycles. The first-order valence-corrected chi connectivity index (χ1v) is 9.21. The third-order valence-corrected chi connectivity index (χ3v) is 5.32. The average Bonchev–Trinajstić information content (AvgIpc) is 3.43. The summed E-state index contributed by atoms with van der Waals surface area (Å²) in [5.74, 6) is -5.57. The predicted octanol–water partition coefficient (Wildman–Crippen LogP) is 5.76. The van der Waals surface area contributed by atoms with E-state index < -0.39 is 58.8 Å². The molecule has 0 amide bonds. The number of aryl methyl sites for hydroxylation is 1. The molecule has 0 radical (unpaired) electrons. The van der Waals surface area contributed by atoms with Crippen LogP contribution in [0.5, 0.6) is 0 Å². The SMILES string of the molecule is Cc1cc(C2CC2)c(F)c(C)c1-c1cc(C(F)(F)F)c(F)c(C(N)CC(=O)O)c1F. The van der Waals surface area contributed by atoms with E-state index in [2.05, 4.69) is 0 Å². The Hall–Kier alpha value is -2.55. The molecule has 0 aliphatic heterocycles. The van der Waals surface area contributed by atoms with Crippen LogP contribution in [0.4, 0.5) is 26.3 Å². The van der Waals surface area contributed by atoms with E-state index in [9.17, 15) is 26.7 Å². The average molecular weight is 431 g/mol. The molecular weight excluding hydrogens is 412 g/mol. The Morgan fingerprint density at radius 3 is 2.23 bits per heavy atom. The number of carboxylic acids is 1. The quantitative estimate of drug-likeness (QED) is 0.592. The van der Waals surface area contributed by atoms with Crippen molar-refractivity contribution in [3.05, 3.63) is 57.4 Å². The molecule has 0 bridgehead atoms. The van der Waals surface area contributed by atoms with E-state index in [-0.39, 0.29) is 23.1 Å². The molecular formula is C21H19F6NO2. The zero-order valence-corrected chi connectivity index (χ0v) is 16.1. The Morgan fingerprint density at radius 2 is 1.73 bits per heavy atom. The van der Waals surface area contributed by atoms with Crippen molar-refractivity contribution in [2.45, 2.75) is 51.2 Å². The molecule has 0 heterocycles. The highest BCUT2D eigenvalue weighted by Gasteiger charge is 2.39. The van der Waals surface area contributed by atoms with Crippen molar-refractivity contribution in [3.8, 4) is 11.1 Å². The third-order valence-electron chi connectivity index (χ3n) is 5.32. The van der Waals surface area contributed by atoms with Crippen LogP contribution in [-0.2, 0) is 11.0 Å². The number of carboxylic acid groups (broad SMARTS) is 1. The van der Waals surface area contributed by atoms with E-state index in [1.807, 2.05) is 0 Å². The Balaban J connectivity index is 2.33. The number of aliphatic carboxylic acids is 1. The highest BCUT2D eigenvalue weighted by Crippen LogP contribution is 2.46. The number of hydrogen-bond donors (Lipinski definition) is 2. The van der Waals surface area contributed by atoms with Gasteiger partial charge in [0, 0.05) is 17.2 Å². The van der Waals surface area contributed by atoms with Gasteiger partial charge in [-0.3, -0.25) is 4.79 Å². The fourth-order valence-corrected chi connectivity index (χ4v) is 3.76. The van der Waals surface area contributed by atoms with Crippen LogP contribution in [0.2, 0.25) is 0 Å². The Morgan fingerprint density at radius 1 is 1.13 bits per heavy atom. The van der Waals surface area contributed by atoms with Gasteiger partial charge in [0.15, 0.2) is 0 Å². The second kappa shape index (κ2) is 7.61. The van der Waals surface area contributed by atoms with Gasteiger partial charge in [0.2, 0.25) is 0 Å². The van der Waals surface area contributed by atoms with E-state index in [0.29, 0.717) is 11.1 Å². The Kier molecular flexibility index (Phi) is 5.62. The Bertz CT molecular complexity index is 1030. The lowest BCUT2D eigenvalue weighted by Crippen LogP contribution is -2.21. The van der Waals surface area contributed by atoms with Gasteiger partial charge in [0.05, 0.1) is 12.0 Å². The lowest BCUT2D eigenvalue weighted by molar-refractivity contribution is -0.140. The van der Waals surface area contributed by atoms with Crippen LogP contribution in [-0.4, -0.2) is 11.1 Å². The lowest BCUT2D eigenvalue weighted by Gasteiger charge is -2.21. The van der Waals surface area contributed by atoms with Gasteiger partial charge in [-0.25, -0.2) is 13.2 Å². The van der Waals surface area contributed by atoms with Crippen LogP contribution in [0.15, 0.2) is 12.1 Å². The van der Waals surface area contributed by atoms with Gasteiger partial charge in [-0.05, 0) is 60.9 Å². The normalized spacial score (nSPS) is 15.4. The summed E-state index contributed by atoms with van der Waals surface area (Å²) >= 11 is 0. The van der Waals surface area contributed by atoms with Crippen molar-refractivity contribution >= 4 is 5.97 Å². The standard InChI is InChI=1S/C21H19F6NO2/c1-8-5-11(10-3-4-10)18(22)9(2)16(8)12-6-13(21(25,26)27)20(24)17(19(12)23)14(28)7-15(29)30/h5-6,10,14H,3-4,7,28H2,1-2H3,(H,29,30). The molecule has 1 saturated carbocycles. The number of halogens is 6. The van der Waals surface area contributed by atoms with Crippen LogP contribution in [0.3, 0.4) is 0 Å². The maximum absolute atomic E-state index is 15.2. The van der Waals surface area contributed by atoms with Gasteiger partial charge in [0.1, 0.15) is 17.5 Å². The highest BCUT2D eigenvalue weighted by atomic mass is 19.4. The number of rotatable bonds is 5. The van der Waals surface area contributed by atoms with Crippen molar-refractivity contribution in [1.82, 2.24) is 0 Å². The van der Waals surface area contributed by atoms with Gasteiger partial charge in [-0.15, -0.1) is 0 Å². The first kappa shape index (κ1) is 22.1. The van der Waals surface area contributed by atoms with Crippen LogP contribution in [0.1, 0.15) is 59.0 Å². The van der Waals surface area contributed by atoms with E-state index in [0.717, 1.165) is 12.8 Å². The summed E-state index contributed by atoms with van der Waals surface area (Å²) in [5, 5.41) is 8.86. The first-order valence-electron chi connectivity index (χ1n) is 9.21. The topological polar surface area (TPSA) is 63.3 Å². The molecule has 0 aromatic heterocycles. The van der Waals surface area contributed by atoms with Crippen LogP contribution >= 0.6 is 0 Å². The second-order valence-electron chi connectivity index (χ2n) is 7.59. The van der Waals surface area contributed by atoms with Crippen LogP contribution in [0, 0.1) is 31.3 Å². The van der Waals surface area contributed by atoms with Gasteiger partial charge in [-0.1, -0.05) is 6.07 Å². The number of benzene rings is 2. The van der Waals surface area contributed by atoms with Crippen molar-refractivity contribution in [3.63, 3.8) is 0 Å². The van der Waals surface area contributed by atoms with Crippen LogP contribution < -0.4 is 5.73 Å². The van der Waals surface area contributed by atoms with E-state index in [1.54, 1.807) is 0 Å². The van der Waals surface area contributed by atoms with Crippen molar-refractivity contribution in [2.24, 2.45) is 5.73 Å². The number of alkyl halides is 3. The molecule has 3 nitrogen and oxygen atoms in total. The summed E-state index contributed by atoms with van der Waals surface area (Å²) in [4.78, 5) is 10.9. The van der Waals surface area contributed by atoms with Crippen molar-refractivity contribution in [2.75, 3.05) is 0 Å². The molecule has 1 fully saturated rings. The maximum atomic E-state index is 15.2. The van der Waals surface area contributed by atoms with Gasteiger partial charge in [0.25, 0.3) is 0 Å². The third kappa shape index (κ3) is 3.90. The van der Waals surface area contributed by atoms with Gasteiger partial charge >= 0.3 is 12.1 Å². The molecule has 30 heavy (non-hydrogen) atoms. The van der Waals surface area contributed by atoms with Crippen molar-refractivity contribution < 1.29 is 36.2 Å². The Labute approximate surface area is 168 Å². The predicted molar refractivity (Wildman–Crippen MR) is 97.4 cm³/mol. The maximum Gasteiger partial charge on any atom is 0.419 e. The molecule has 0 saturated heterocycles. The molecule has 162 valence electrons. The summed E-state index contributed by atoms with van der Waals surface area (Å²) in [6.07, 6.45) is -4.61. The molecule has 1 unspecified atom stereocenters. The zero-order valence-electron chi connectivity index (χ0n) is 16.1. The number of hydrogen-bond acceptors (Lipinski definition) is 2. The summed E-state index contributed by atoms with van der Waals surface area (Å²) in [7, 11) is 0.